The van der Waals surface area contributed by atoms with E-state index in [1.54, 1.807) is 7.11 Å². The van der Waals surface area contributed by atoms with Gasteiger partial charge in [0.2, 0.25) is 0 Å². The minimum Gasteiger partial charge on any atom is -0.380 e. The minimum absolute atomic E-state index is 0.527. The van der Waals surface area contributed by atoms with Crippen LogP contribution in [0.3, 0.4) is 0 Å². The third-order valence-electron chi connectivity index (χ3n) is 3.24. The molecule has 0 saturated heterocycles. The summed E-state index contributed by atoms with van der Waals surface area (Å²) in [4.78, 5) is 4.76. The highest BCUT2D eigenvalue weighted by molar-refractivity contribution is 6.35. The Kier molecular flexibility index (Phi) is 3.68. The molecule has 0 fully saturated rings. The molecule has 0 amide bonds. The maximum atomic E-state index is 6.40. The lowest BCUT2D eigenvalue weighted by Crippen LogP contribution is -1.94. The van der Waals surface area contributed by atoms with Crippen molar-refractivity contribution in [1.82, 2.24) is 4.98 Å². The Labute approximate surface area is 123 Å². The van der Waals surface area contributed by atoms with E-state index in [0.717, 1.165) is 27.7 Å². The average molecular weight is 284 g/mol. The number of benzene rings is 2. The van der Waals surface area contributed by atoms with Crippen LogP contribution in [0.2, 0.25) is 5.02 Å². The van der Waals surface area contributed by atoms with E-state index in [2.05, 4.69) is 0 Å². The maximum Gasteiger partial charge on any atom is 0.0779 e. The van der Waals surface area contributed by atoms with E-state index in [1.165, 1.54) is 0 Å². The van der Waals surface area contributed by atoms with Gasteiger partial charge < -0.3 is 4.74 Å². The summed E-state index contributed by atoms with van der Waals surface area (Å²) in [7, 11) is 1.68. The summed E-state index contributed by atoms with van der Waals surface area (Å²) in [6.45, 7) is 0.527. The molecule has 100 valence electrons. The highest BCUT2D eigenvalue weighted by Gasteiger charge is 2.09. The molecule has 20 heavy (non-hydrogen) atoms. The summed E-state index contributed by atoms with van der Waals surface area (Å²) in [6, 6.07) is 17.9. The number of rotatable bonds is 3. The molecule has 0 spiro atoms. The zero-order valence-corrected chi connectivity index (χ0v) is 11.9. The van der Waals surface area contributed by atoms with Gasteiger partial charge in [-0.1, -0.05) is 60.1 Å². The molecular formula is C17H14ClNO. The zero-order valence-electron chi connectivity index (χ0n) is 11.1. The number of halogens is 1. The van der Waals surface area contributed by atoms with Gasteiger partial charge in [-0.05, 0) is 6.07 Å². The fraction of sp³-hybridized carbons (Fsp3) is 0.118. The molecule has 3 rings (SSSR count). The van der Waals surface area contributed by atoms with Crippen LogP contribution in [-0.4, -0.2) is 12.1 Å². The first-order valence-electron chi connectivity index (χ1n) is 6.42. The summed E-state index contributed by atoms with van der Waals surface area (Å²) in [5.41, 5.74) is 3.89. The molecule has 0 unspecified atom stereocenters. The molecule has 0 aliphatic carbocycles. The van der Waals surface area contributed by atoms with Crippen LogP contribution < -0.4 is 0 Å². The third kappa shape index (κ3) is 2.40. The van der Waals surface area contributed by atoms with E-state index >= 15 is 0 Å². The lowest BCUT2D eigenvalue weighted by Gasteiger charge is -2.09. The number of nitrogens with zero attached hydrogens (tertiary/aromatic N) is 1. The van der Waals surface area contributed by atoms with Gasteiger partial charge in [-0.3, -0.25) is 0 Å². The van der Waals surface area contributed by atoms with Crippen LogP contribution in [0, 0.1) is 0 Å². The number of fused-ring (bicyclic) bond motifs is 1. The molecular weight excluding hydrogens is 270 g/mol. The van der Waals surface area contributed by atoms with Gasteiger partial charge in [0, 0.05) is 23.6 Å². The third-order valence-corrected chi connectivity index (χ3v) is 3.55. The quantitative estimate of drug-likeness (QED) is 0.695. The van der Waals surface area contributed by atoms with Crippen molar-refractivity contribution in [2.45, 2.75) is 6.61 Å². The lowest BCUT2D eigenvalue weighted by molar-refractivity contribution is 0.186. The summed E-state index contributed by atoms with van der Waals surface area (Å²) >= 11 is 6.40. The number of hydrogen-bond acceptors (Lipinski definition) is 2. The number of aromatic nitrogens is 1. The molecule has 0 bridgehead atoms. The van der Waals surface area contributed by atoms with Gasteiger partial charge in [0.25, 0.3) is 0 Å². The molecule has 0 saturated carbocycles. The smallest absolute Gasteiger partial charge is 0.0779 e. The van der Waals surface area contributed by atoms with E-state index in [9.17, 15) is 0 Å². The predicted molar refractivity (Wildman–Crippen MR) is 82.9 cm³/mol. The molecule has 1 aromatic heterocycles. The highest BCUT2D eigenvalue weighted by atomic mass is 35.5. The van der Waals surface area contributed by atoms with Crippen molar-refractivity contribution in [2.75, 3.05) is 7.11 Å². The summed E-state index contributed by atoms with van der Waals surface area (Å²) < 4.78 is 5.24. The summed E-state index contributed by atoms with van der Waals surface area (Å²) in [6.07, 6.45) is 0. The van der Waals surface area contributed by atoms with E-state index in [1.807, 2.05) is 54.6 Å². The van der Waals surface area contributed by atoms with E-state index < -0.39 is 0 Å². The molecule has 0 radical (unpaired) electrons. The fourth-order valence-corrected chi connectivity index (χ4v) is 2.55. The molecule has 0 aliphatic rings. The first kappa shape index (κ1) is 13.1. The van der Waals surface area contributed by atoms with E-state index in [4.69, 9.17) is 21.3 Å². The maximum absolute atomic E-state index is 6.40. The van der Waals surface area contributed by atoms with Crippen molar-refractivity contribution in [1.29, 1.82) is 0 Å². The van der Waals surface area contributed by atoms with Crippen LogP contribution in [0.4, 0.5) is 0 Å². The number of methoxy groups -OCH3 is 1. The standard InChI is InChI=1S/C17H14ClNO/c1-20-11-13-8-5-9-14-15(18)10-16(19-17(13)14)12-6-3-2-4-7-12/h2-10H,11H2,1H3. The zero-order chi connectivity index (χ0) is 13.9. The molecule has 0 N–H and O–H groups in total. The number of pyridine rings is 1. The van der Waals surface area contributed by atoms with Crippen LogP contribution in [0.25, 0.3) is 22.2 Å². The SMILES string of the molecule is COCc1cccc2c(Cl)cc(-c3ccccc3)nc12. The normalized spacial score (nSPS) is 10.9. The lowest BCUT2D eigenvalue weighted by atomic mass is 10.1. The fourth-order valence-electron chi connectivity index (χ4n) is 2.30. The van der Waals surface area contributed by atoms with Crippen molar-refractivity contribution in [2.24, 2.45) is 0 Å². The predicted octanol–water partition coefficient (Wildman–Crippen LogP) is 4.70. The summed E-state index contributed by atoms with van der Waals surface area (Å²) in [5.74, 6) is 0. The van der Waals surface area contributed by atoms with Crippen molar-refractivity contribution >= 4 is 22.5 Å². The first-order valence-corrected chi connectivity index (χ1v) is 6.80. The molecule has 3 aromatic rings. The minimum atomic E-state index is 0.527. The Morgan fingerprint density at radius 1 is 1.05 bits per heavy atom. The van der Waals surface area contributed by atoms with Gasteiger partial charge in [0.15, 0.2) is 0 Å². The van der Waals surface area contributed by atoms with E-state index in [0.29, 0.717) is 11.6 Å². The largest absolute Gasteiger partial charge is 0.380 e. The van der Waals surface area contributed by atoms with Crippen LogP contribution >= 0.6 is 11.6 Å². The Hall–Kier alpha value is -1.90. The number of para-hydroxylation sites is 1. The number of ether oxygens (including phenoxy) is 1. The van der Waals surface area contributed by atoms with Crippen molar-refractivity contribution in [3.05, 3.63) is 65.2 Å². The van der Waals surface area contributed by atoms with Crippen molar-refractivity contribution < 1.29 is 4.74 Å². The Bertz CT molecular complexity index is 741. The molecule has 2 nitrogen and oxygen atoms in total. The van der Waals surface area contributed by atoms with Gasteiger partial charge >= 0.3 is 0 Å². The second kappa shape index (κ2) is 5.61. The van der Waals surface area contributed by atoms with Gasteiger partial charge in [-0.15, -0.1) is 0 Å². The Morgan fingerprint density at radius 2 is 1.85 bits per heavy atom. The second-order valence-electron chi connectivity index (χ2n) is 4.60. The average Bonchev–Trinajstić information content (AvgIpc) is 2.49. The van der Waals surface area contributed by atoms with Crippen LogP contribution in [-0.2, 0) is 11.3 Å². The van der Waals surface area contributed by atoms with Crippen LogP contribution in [0.1, 0.15) is 5.56 Å². The van der Waals surface area contributed by atoms with Gasteiger partial charge in [-0.25, -0.2) is 4.98 Å². The highest BCUT2D eigenvalue weighted by Crippen LogP contribution is 2.29. The second-order valence-corrected chi connectivity index (χ2v) is 5.01. The molecule has 0 atom stereocenters. The van der Waals surface area contributed by atoms with Crippen molar-refractivity contribution in [3.8, 4) is 11.3 Å². The molecule has 2 aromatic carbocycles. The molecule has 1 heterocycles. The molecule has 3 heteroatoms. The topological polar surface area (TPSA) is 22.1 Å². The van der Waals surface area contributed by atoms with Gasteiger partial charge in [0.05, 0.1) is 22.8 Å². The van der Waals surface area contributed by atoms with Gasteiger partial charge in [-0.2, -0.15) is 0 Å². The number of hydrogen-bond donors (Lipinski definition) is 0. The first-order chi connectivity index (χ1) is 9.79. The van der Waals surface area contributed by atoms with E-state index in [-0.39, 0.29) is 0 Å². The van der Waals surface area contributed by atoms with Gasteiger partial charge in [0.1, 0.15) is 0 Å². The monoisotopic (exact) mass is 283 g/mol. The van der Waals surface area contributed by atoms with Crippen molar-refractivity contribution in [3.63, 3.8) is 0 Å². The Balaban J connectivity index is 2.24. The summed E-state index contributed by atoms with van der Waals surface area (Å²) in [5, 5.41) is 1.67. The van der Waals surface area contributed by atoms with Crippen LogP contribution in [0.15, 0.2) is 54.6 Å². The molecule has 0 aliphatic heterocycles. The Morgan fingerprint density at radius 3 is 2.60 bits per heavy atom. The van der Waals surface area contributed by atoms with Crippen LogP contribution in [0.5, 0.6) is 0 Å².